The normalized spacial score (nSPS) is 23.1. The zero-order chi connectivity index (χ0) is 14.0. The van der Waals surface area contributed by atoms with Crippen LogP contribution in [-0.2, 0) is 0 Å². The highest BCUT2D eigenvalue weighted by atomic mass is 79.9. The molecule has 0 spiro atoms. The summed E-state index contributed by atoms with van der Waals surface area (Å²) in [5.74, 6) is 0.880. The van der Waals surface area contributed by atoms with Crippen molar-refractivity contribution in [3.63, 3.8) is 0 Å². The number of thiocarbonyl (C=S) groups is 1. The molecule has 4 heteroatoms. The van der Waals surface area contributed by atoms with Crippen molar-refractivity contribution >= 4 is 38.8 Å². The highest BCUT2D eigenvalue weighted by Gasteiger charge is 2.23. The summed E-state index contributed by atoms with van der Waals surface area (Å²) >= 11 is 8.65. The molecule has 2 N–H and O–H groups in total. The average molecular weight is 341 g/mol. The zero-order valence-corrected chi connectivity index (χ0v) is 13.9. The summed E-state index contributed by atoms with van der Waals surface area (Å²) in [5, 5.41) is 0. The van der Waals surface area contributed by atoms with Crippen LogP contribution in [0.5, 0.6) is 0 Å². The topological polar surface area (TPSA) is 29.3 Å². The maximum Gasteiger partial charge on any atom is 0.104 e. The lowest BCUT2D eigenvalue weighted by atomic mass is 9.86. The van der Waals surface area contributed by atoms with Gasteiger partial charge in [0.15, 0.2) is 0 Å². The van der Waals surface area contributed by atoms with Crippen LogP contribution >= 0.6 is 28.1 Å². The average Bonchev–Trinajstić information content (AvgIpc) is 2.38. The number of halogens is 1. The third-order valence-electron chi connectivity index (χ3n) is 4.15. The molecular weight excluding hydrogens is 320 g/mol. The molecule has 0 bridgehead atoms. The molecule has 2 nitrogen and oxygen atoms in total. The van der Waals surface area contributed by atoms with E-state index in [0.717, 1.165) is 16.0 Å². The molecule has 0 saturated heterocycles. The molecule has 1 aliphatic carbocycles. The van der Waals surface area contributed by atoms with Crippen molar-refractivity contribution in [3.8, 4) is 0 Å². The molecule has 0 amide bonds. The lowest BCUT2D eigenvalue weighted by Gasteiger charge is -2.35. The molecule has 0 heterocycles. The molecule has 0 unspecified atom stereocenters. The van der Waals surface area contributed by atoms with Gasteiger partial charge in [-0.3, -0.25) is 0 Å². The summed E-state index contributed by atoms with van der Waals surface area (Å²) in [5.41, 5.74) is 7.80. The highest BCUT2D eigenvalue weighted by Crippen LogP contribution is 2.33. The van der Waals surface area contributed by atoms with Crippen LogP contribution in [0.25, 0.3) is 0 Å². The quantitative estimate of drug-likeness (QED) is 0.840. The smallest absolute Gasteiger partial charge is 0.104 e. The monoisotopic (exact) mass is 340 g/mol. The molecule has 1 aliphatic rings. The van der Waals surface area contributed by atoms with E-state index < -0.39 is 0 Å². The van der Waals surface area contributed by atoms with Gasteiger partial charge in [0, 0.05) is 23.1 Å². The second kappa shape index (κ2) is 6.23. The summed E-state index contributed by atoms with van der Waals surface area (Å²) < 4.78 is 1.07. The van der Waals surface area contributed by atoms with Crippen LogP contribution in [-0.4, -0.2) is 18.1 Å². The minimum absolute atomic E-state index is 0.446. The fourth-order valence-electron chi connectivity index (χ4n) is 2.77. The Morgan fingerprint density at radius 3 is 2.47 bits per heavy atom. The first-order chi connectivity index (χ1) is 8.99. The van der Waals surface area contributed by atoms with E-state index in [4.69, 9.17) is 18.0 Å². The van der Waals surface area contributed by atoms with Gasteiger partial charge in [-0.2, -0.15) is 0 Å². The van der Waals surface area contributed by atoms with Crippen LogP contribution in [0.1, 0.15) is 38.2 Å². The Labute approximate surface area is 129 Å². The first-order valence-electron chi connectivity index (χ1n) is 6.81. The van der Waals surface area contributed by atoms with Gasteiger partial charge in [0.05, 0.1) is 5.69 Å². The maximum atomic E-state index is 5.66. The van der Waals surface area contributed by atoms with Crippen molar-refractivity contribution in [3.05, 3.63) is 28.2 Å². The standard InChI is InChI=1S/C15H21BrN2S/c1-10-3-6-12(7-4-10)18(2)14-8-5-11(15(17)19)9-13(14)16/h5,8-10,12H,3-4,6-7H2,1-2H3,(H2,17,19). The van der Waals surface area contributed by atoms with E-state index in [2.05, 4.69) is 40.9 Å². The Morgan fingerprint density at radius 2 is 1.95 bits per heavy atom. The molecule has 1 saturated carbocycles. The van der Waals surface area contributed by atoms with E-state index in [0.29, 0.717) is 11.0 Å². The van der Waals surface area contributed by atoms with Gasteiger partial charge in [0.2, 0.25) is 0 Å². The van der Waals surface area contributed by atoms with Crippen LogP contribution in [0, 0.1) is 5.92 Å². The molecular formula is C15H21BrN2S. The number of rotatable bonds is 3. The van der Waals surface area contributed by atoms with E-state index in [9.17, 15) is 0 Å². The lowest BCUT2D eigenvalue weighted by molar-refractivity contribution is 0.340. The van der Waals surface area contributed by atoms with Crippen molar-refractivity contribution in [2.24, 2.45) is 11.7 Å². The summed E-state index contributed by atoms with van der Waals surface area (Å²) in [4.78, 5) is 2.83. The third-order valence-corrected chi connectivity index (χ3v) is 5.02. The Morgan fingerprint density at radius 1 is 1.32 bits per heavy atom. The highest BCUT2D eigenvalue weighted by molar-refractivity contribution is 9.10. The van der Waals surface area contributed by atoms with Crippen LogP contribution in [0.4, 0.5) is 5.69 Å². The molecule has 0 aliphatic heterocycles. The minimum Gasteiger partial charge on any atom is -0.389 e. The largest absolute Gasteiger partial charge is 0.389 e. The van der Waals surface area contributed by atoms with Crippen LogP contribution in [0.2, 0.25) is 0 Å². The molecule has 0 radical (unpaired) electrons. The number of nitrogens with two attached hydrogens (primary N) is 1. The molecule has 1 aromatic rings. The SMILES string of the molecule is CC1CCC(N(C)c2ccc(C(N)=S)cc2Br)CC1. The second-order valence-electron chi connectivity index (χ2n) is 5.56. The van der Waals surface area contributed by atoms with Crippen LogP contribution in [0.3, 0.4) is 0 Å². The predicted octanol–water partition coefficient (Wildman–Crippen LogP) is 4.10. The first kappa shape index (κ1) is 14.8. The van der Waals surface area contributed by atoms with E-state index in [1.807, 2.05) is 12.1 Å². The van der Waals surface area contributed by atoms with E-state index in [1.54, 1.807) is 0 Å². The first-order valence-corrected chi connectivity index (χ1v) is 8.01. The zero-order valence-electron chi connectivity index (χ0n) is 11.5. The van der Waals surface area contributed by atoms with Crippen molar-refractivity contribution in [2.45, 2.75) is 38.6 Å². The maximum absolute atomic E-state index is 5.66. The Kier molecular flexibility index (Phi) is 4.85. The van der Waals surface area contributed by atoms with Gasteiger partial charge in [-0.15, -0.1) is 0 Å². The van der Waals surface area contributed by atoms with E-state index in [1.165, 1.54) is 31.4 Å². The van der Waals surface area contributed by atoms with Gasteiger partial charge < -0.3 is 10.6 Å². The van der Waals surface area contributed by atoms with Crippen LogP contribution in [0.15, 0.2) is 22.7 Å². The third kappa shape index (κ3) is 3.48. The molecule has 0 atom stereocenters. The fraction of sp³-hybridized carbons (Fsp3) is 0.533. The Hall–Kier alpha value is -0.610. The van der Waals surface area contributed by atoms with Crippen molar-refractivity contribution in [1.29, 1.82) is 0 Å². The number of hydrogen-bond donors (Lipinski definition) is 1. The van der Waals surface area contributed by atoms with Gasteiger partial charge >= 0.3 is 0 Å². The Bertz CT molecular complexity index is 467. The molecule has 104 valence electrons. The number of hydrogen-bond acceptors (Lipinski definition) is 2. The van der Waals surface area contributed by atoms with Gasteiger partial charge in [0.25, 0.3) is 0 Å². The second-order valence-corrected chi connectivity index (χ2v) is 6.85. The summed E-state index contributed by atoms with van der Waals surface area (Å²) in [7, 11) is 2.18. The molecule has 1 aromatic carbocycles. The van der Waals surface area contributed by atoms with Gasteiger partial charge in [-0.25, -0.2) is 0 Å². The molecule has 2 rings (SSSR count). The van der Waals surface area contributed by atoms with Crippen molar-refractivity contribution < 1.29 is 0 Å². The van der Waals surface area contributed by atoms with Gasteiger partial charge in [-0.05, 0) is 65.7 Å². The van der Waals surface area contributed by atoms with Crippen molar-refractivity contribution in [2.75, 3.05) is 11.9 Å². The number of benzene rings is 1. The van der Waals surface area contributed by atoms with Gasteiger partial charge in [-0.1, -0.05) is 19.1 Å². The summed E-state index contributed by atoms with van der Waals surface area (Å²) in [6.45, 7) is 2.35. The fourth-order valence-corrected chi connectivity index (χ4v) is 3.56. The predicted molar refractivity (Wildman–Crippen MR) is 89.9 cm³/mol. The van der Waals surface area contributed by atoms with Crippen LogP contribution < -0.4 is 10.6 Å². The Balaban J connectivity index is 2.15. The van der Waals surface area contributed by atoms with E-state index >= 15 is 0 Å². The number of nitrogens with zero attached hydrogens (tertiary/aromatic N) is 1. The van der Waals surface area contributed by atoms with Crippen molar-refractivity contribution in [1.82, 2.24) is 0 Å². The lowest BCUT2D eigenvalue weighted by Crippen LogP contribution is -2.35. The van der Waals surface area contributed by atoms with Gasteiger partial charge in [0.1, 0.15) is 4.99 Å². The molecule has 1 fully saturated rings. The molecule has 19 heavy (non-hydrogen) atoms. The summed E-state index contributed by atoms with van der Waals surface area (Å²) in [6.07, 6.45) is 5.22. The number of anilines is 1. The van der Waals surface area contributed by atoms with E-state index in [-0.39, 0.29) is 0 Å². The summed E-state index contributed by atoms with van der Waals surface area (Å²) in [6, 6.07) is 6.77. The minimum atomic E-state index is 0.446. The molecule has 0 aromatic heterocycles.